The number of aromatic nitrogens is 3. The molecule has 0 fully saturated rings. The predicted octanol–water partition coefficient (Wildman–Crippen LogP) is 3.54. The van der Waals surface area contributed by atoms with Crippen LogP contribution in [0, 0.1) is 18.3 Å². The fraction of sp³-hybridized carbons (Fsp3) is 0.211. The topological polar surface area (TPSA) is 110 Å². The number of aryl methyl sites for hydroxylation is 1. The summed E-state index contributed by atoms with van der Waals surface area (Å²) in [5, 5.41) is 17.8. The number of nitrogens with two attached hydrogens (primary N) is 1. The van der Waals surface area contributed by atoms with Gasteiger partial charge in [-0.05, 0) is 38.1 Å². The fourth-order valence-corrected chi connectivity index (χ4v) is 3.57. The maximum atomic E-state index is 9.68. The molecule has 3 aromatic rings. The van der Waals surface area contributed by atoms with Gasteiger partial charge >= 0.3 is 0 Å². The van der Waals surface area contributed by atoms with Crippen molar-refractivity contribution in [2.75, 3.05) is 6.61 Å². The van der Waals surface area contributed by atoms with Crippen LogP contribution >= 0.6 is 11.6 Å². The Bertz CT molecular complexity index is 1130. The van der Waals surface area contributed by atoms with Crippen LogP contribution in [-0.4, -0.2) is 21.8 Å². The first-order valence-corrected chi connectivity index (χ1v) is 8.76. The molecule has 2 aromatic heterocycles. The van der Waals surface area contributed by atoms with Crippen LogP contribution in [0.25, 0.3) is 10.9 Å². The lowest BCUT2D eigenvalue weighted by atomic mass is 9.84. The molecule has 1 aliphatic rings. The van der Waals surface area contributed by atoms with Crippen molar-refractivity contribution in [2.45, 2.75) is 19.8 Å². The lowest BCUT2D eigenvalue weighted by molar-refractivity contribution is 0.340. The zero-order chi connectivity index (χ0) is 19.1. The van der Waals surface area contributed by atoms with Crippen molar-refractivity contribution in [3.05, 3.63) is 57.7 Å². The van der Waals surface area contributed by atoms with Crippen LogP contribution in [0.2, 0.25) is 5.15 Å². The van der Waals surface area contributed by atoms with Gasteiger partial charge in [-0.25, -0.2) is 4.98 Å². The van der Waals surface area contributed by atoms with Crippen LogP contribution in [0.3, 0.4) is 0 Å². The van der Waals surface area contributed by atoms with Gasteiger partial charge in [0.25, 0.3) is 0 Å². The van der Waals surface area contributed by atoms with Gasteiger partial charge in [0.15, 0.2) is 0 Å². The minimum atomic E-state index is -0.516. The normalized spacial score (nSPS) is 16.0. The molecule has 0 amide bonds. The van der Waals surface area contributed by atoms with Gasteiger partial charge in [-0.1, -0.05) is 11.6 Å². The van der Waals surface area contributed by atoms with Gasteiger partial charge in [-0.2, -0.15) is 5.26 Å². The summed E-state index contributed by atoms with van der Waals surface area (Å²) in [7, 11) is 0. The number of ether oxygens (including phenoxy) is 2. The second-order valence-corrected chi connectivity index (χ2v) is 6.51. The third-order valence-electron chi connectivity index (χ3n) is 4.52. The molecular weight excluding hydrogens is 366 g/mol. The lowest BCUT2D eigenvalue weighted by Crippen LogP contribution is -2.21. The highest BCUT2D eigenvalue weighted by atomic mass is 35.5. The number of nitrogens with zero attached hydrogens (tertiary/aromatic N) is 3. The van der Waals surface area contributed by atoms with Crippen LogP contribution < -0.4 is 15.2 Å². The first-order valence-electron chi connectivity index (χ1n) is 8.39. The number of nitriles is 1. The molecule has 3 N–H and O–H groups in total. The van der Waals surface area contributed by atoms with E-state index in [1.54, 1.807) is 0 Å². The summed E-state index contributed by atoms with van der Waals surface area (Å²) in [6.07, 6.45) is 0. The van der Waals surface area contributed by atoms with Crippen molar-refractivity contribution in [3.63, 3.8) is 0 Å². The van der Waals surface area contributed by atoms with E-state index in [4.69, 9.17) is 26.8 Å². The first-order chi connectivity index (χ1) is 13.0. The minimum absolute atomic E-state index is 0.0146. The molecule has 0 saturated carbocycles. The minimum Gasteiger partial charge on any atom is -0.494 e. The number of nitrogens with one attached hydrogen (secondary N) is 1. The molecule has 3 heterocycles. The summed E-state index contributed by atoms with van der Waals surface area (Å²) < 4.78 is 11.1. The highest BCUT2D eigenvalue weighted by Crippen LogP contribution is 2.45. The largest absolute Gasteiger partial charge is 0.494 e. The van der Waals surface area contributed by atoms with Gasteiger partial charge in [0.1, 0.15) is 22.5 Å². The van der Waals surface area contributed by atoms with Crippen LogP contribution in [0.15, 0.2) is 35.7 Å². The number of hydrogen-bond donors (Lipinski definition) is 2. The van der Waals surface area contributed by atoms with Gasteiger partial charge in [0.2, 0.25) is 11.8 Å². The number of hydrogen-bond acceptors (Lipinski definition) is 6. The number of halogens is 1. The molecule has 27 heavy (non-hydrogen) atoms. The number of allylic oxidation sites excluding steroid dienone is 1. The van der Waals surface area contributed by atoms with Crippen molar-refractivity contribution < 1.29 is 9.47 Å². The van der Waals surface area contributed by atoms with Crippen molar-refractivity contribution >= 4 is 22.5 Å². The second-order valence-electron chi connectivity index (χ2n) is 6.15. The Morgan fingerprint density at radius 1 is 1.41 bits per heavy atom. The average molecular weight is 382 g/mol. The number of benzene rings is 1. The lowest BCUT2D eigenvalue weighted by Gasteiger charge is -2.24. The molecule has 0 saturated heterocycles. The number of fused-ring (bicyclic) bond motifs is 2. The van der Waals surface area contributed by atoms with E-state index in [1.807, 2.05) is 38.1 Å². The number of rotatable bonds is 3. The van der Waals surface area contributed by atoms with E-state index in [-0.39, 0.29) is 11.5 Å². The Morgan fingerprint density at radius 2 is 2.22 bits per heavy atom. The van der Waals surface area contributed by atoms with Gasteiger partial charge in [0, 0.05) is 22.2 Å². The standard InChI is InChI=1S/C19H16ClN5O2/c1-3-26-11-4-5-14-10(6-11)7-12(17(20)23-14)16-13(8-21)18(22)27-19-15(16)9(2)24-25-19/h4-7,16H,3,22H2,1-2H3,(H,24,25)/t16-/m1/s1. The molecule has 7 nitrogen and oxygen atoms in total. The molecule has 136 valence electrons. The zero-order valence-corrected chi connectivity index (χ0v) is 15.5. The van der Waals surface area contributed by atoms with E-state index in [1.165, 1.54) is 0 Å². The van der Waals surface area contributed by atoms with E-state index in [0.29, 0.717) is 23.2 Å². The molecule has 0 bridgehead atoms. The van der Waals surface area contributed by atoms with Gasteiger partial charge < -0.3 is 15.2 Å². The van der Waals surface area contributed by atoms with Gasteiger partial charge in [-0.3, -0.25) is 5.10 Å². The first kappa shape index (κ1) is 17.2. The second kappa shape index (κ2) is 6.49. The van der Waals surface area contributed by atoms with Crippen molar-refractivity contribution in [2.24, 2.45) is 5.73 Å². The van der Waals surface area contributed by atoms with Crippen molar-refractivity contribution in [1.82, 2.24) is 15.2 Å². The Balaban J connectivity index is 1.96. The number of aromatic amines is 1. The predicted molar refractivity (Wildman–Crippen MR) is 101 cm³/mol. The van der Waals surface area contributed by atoms with Crippen LogP contribution in [0.5, 0.6) is 11.6 Å². The van der Waals surface area contributed by atoms with Crippen molar-refractivity contribution in [1.29, 1.82) is 5.26 Å². The maximum absolute atomic E-state index is 9.68. The molecule has 1 atom stereocenters. The summed E-state index contributed by atoms with van der Waals surface area (Å²) in [6, 6.07) is 9.65. The van der Waals surface area contributed by atoms with E-state index < -0.39 is 5.92 Å². The third kappa shape index (κ3) is 2.75. The molecule has 8 heteroatoms. The Kier molecular flexibility index (Phi) is 4.13. The highest BCUT2D eigenvalue weighted by Gasteiger charge is 2.35. The van der Waals surface area contributed by atoms with Crippen LogP contribution in [0.1, 0.15) is 29.7 Å². The third-order valence-corrected chi connectivity index (χ3v) is 4.82. The van der Waals surface area contributed by atoms with E-state index in [9.17, 15) is 5.26 Å². The van der Waals surface area contributed by atoms with Gasteiger partial charge in [-0.15, -0.1) is 5.10 Å². The zero-order valence-electron chi connectivity index (χ0n) is 14.7. The quantitative estimate of drug-likeness (QED) is 0.671. The number of H-pyrrole nitrogens is 1. The van der Waals surface area contributed by atoms with Gasteiger partial charge in [0.05, 0.1) is 18.0 Å². The maximum Gasteiger partial charge on any atom is 0.244 e. The van der Waals surface area contributed by atoms with Crippen LogP contribution in [-0.2, 0) is 0 Å². The molecule has 0 spiro atoms. The van der Waals surface area contributed by atoms with Crippen molar-refractivity contribution in [3.8, 4) is 17.7 Å². The van der Waals surface area contributed by atoms with E-state index >= 15 is 0 Å². The molecule has 0 radical (unpaired) electrons. The molecule has 4 rings (SSSR count). The number of pyridine rings is 1. The van der Waals surface area contributed by atoms with Crippen LogP contribution in [0.4, 0.5) is 0 Å². The highest BCUT2D eigenvalue weighted by molar-refractivity contribution is 6.30. The smallest absolute Gasteiger partial charge is 0.244 e. The van der Waals surface area contributed by atoms with E-state index in [0.717, 1.165) is 27.9 Å². The summed E-state index contributed by atoms with van der Waals surface area (Å²) in [5.41, 5.74) is 9.13. The SMILES string of the molecule is CCOc1ccc2nc(Cl)c([C@@H]3C(C#N)=C(N)Oc4n[nH]c(C)c43)cc2c1. The Hall–Kier alpha value is -3.24. The molecule has 0 aliphatic carbocycles. The Labute approximate surface area is 160 Å². The monoisotopic (exact) mass is 381 g/mol. The summed E-state index contributed by atoms with van der Waals surface area (Å²) in [5.74, 6) is 0.578. The summed E-state index contributed by atoms with van der Waals surface area (Å²) in [6.45, 7) is 4.34. The molecule has 1 aliphatic heterocycles. The molecule has 0 unspecified atom stereocenters. The summed E-state index contributed by atoms with van der Waals surface area (Å²) in [4.78, 5) is 4.50. The molecular formula is C19H16ClN5O2. The Morgan fingerprint density at radius 3 is 2.96 bits per heavy atom. The fourth-order valence-electron chi connectivity index (χ4n) is 3.32. The average Bonchev–Trinajstić information content (AvgIpc) is 3.01. The molecule has 1 aromatic carbocycles. The van der Waals surface area contributed by atoms with E-state index in [2.05, 4.69) is 21.3 Å². The summed E-state index contributed by atoms with van der Waals surface area (Å²) >= 11 is 6.51.